The lowest BCUT2D eigenvalue weighted by atomic mass is 10.1. The fraction of sp³-hybridized carbons (Fsp3) is 0.333. The van der Waals surface area contributed by atoms with Gasteiger partial charge in [0.25, 0.3) is 5.91 Å². The van der Waals surface area contributed by atoms with Gasteiger partial charge in [-0.05, 0) is 25.5 Å². The van der Waals surface area contributed by atoms with E-state index in [2.05, 4.69) is 10.3 Å². The summed E-state index contributed by atoms with van der Waals surface area (Å²) in [5, 5.41) is 19.7. The molecule has 0 saturated carbocycles. The van der Waals surface area contributed by atoms with Crippen LogP contribution < -0.4 is 5.32 Å². The molecular weight excluding hydrogens is 252 g/mol. The van der Waals surface area contributed by atoms with Crippen LogP contribution in [0.2, 0.25) is 0 Å². The molecule has 19 heavy (non-hydrogen) atoms. The normalized spacial score (nSPS) is 11.6. The molecule has 1 unspecified atom stereocenters. The number of hydrogen-bond donors (Lipinski definition) is 3. The van der Waals surface area contributed by atoms with Crippen LogP contribution in [0.1, 0.15) is 29.0 Å². The Morgan fingerprint density at radius 1 is 1.32 bits per heavy atom. The number of carbonyl (C=O) groups is 3. The quantitative estimate of drug-likeness (QED) is 0.687. The highest BCUT2D eigenvalue weighted by atomic mass is 16.4. The molecule has 1 heterocycles. The predicted molar refractivity (Wildman–Crippen MR) is 64.7 cm³/mol. The highest BCUT2D eigenvalue weighted by Gasteiger charge is 2.22. The first-order valence-corrected chi connectivity index (χ1v) is 5.59. The Bertz CT molecular complexity index is 501. The van der Waals surface area contributed by atoms with Crippen LogP contribution in [0, 0.1) is 6.92 Å². The number of carbonyl (C=O) groups excluding carboxylic acids is 1. The molecule has 7 heteroatoms. The molecule has 3 N–H and O–H groups in total. The Hall–Kier alpha value is -2.44. The lowest BCUT2D eigenvalue weighted by Gasteiger charge is -2.13. The third-order valence-electron chi connectivity index (χ3n) is 2.37. The zero-order valence-electron chi connectivity index (χ0n) is 10.3. The number of aromatic nitrogens is 1. The average molecular weight is 266 g/mol. The number of hydrogen-bond acceptors (Lipinski definition) is 4. The van der Waals surface area contributed by atoms with Crippen molar-refractivity contribution in [1.82, 2.24) is 10.3 Å². The molecule has 0 bridgehead atoms. The first-order valence-electron chi connectivity index (χ1n) is 5.59. The standard InChI is InChI=1S/C12H14N2O5/c1-7-3-2-4-8(13-7)11(17)14-9(12(18)19)5-6-10(15)16/h2-4,9H,5-6H2,1H3,(H,14,17)(H,15,16)(H,18,19). The molecular formula is C12H14N2O5. The molecule has 7 nitrogen and oxygen atoms in total. The molecule has 1 rings (SSSR count). The maximum Gasteiger partial charge on any atom is 0.326 e. The van der Waals surface area contributed by atoms with E-state index in [4.69, 9.17) is 10.2 Å². The number of aliphatic carboxylic acids is 2. The number of carboxylic acid groups (broad SMARTS) is 2. The Morgan fingerprint density at radius 2 is 2.00 bits per heavy atom. The highest BCUT2D eigenvalue weighted by Crippen LogP contribution is 2.02. The van der Waals surface area contributed by atoms with Gasteiger partial charge in [0.2, 0.25) is 0 Å². The number of pyridine rings is 1. The van der Waals surface area contributed by atoms with E-state index in [1.807, 2.05) is 0 Å². The van der Waals surface area contributed by atoms with Crippen molar-refractivity contribution < 1.29 is 24.6 Å². The number of carboxylic acids is 2. The van der Waals surface area contributed by atoms with Crippen LogP contribution in [0.5, 0.6) is 0 Å². The third-order valence-corrected chi connectivity index (χ3v) is 2.37. The first-order chi connectivity index (χ1) is 8.90. The molecule has 0 aromatic carbocycles. The third kappa shape index (κ3) is 4.74. The Balaban J connectivity index is 2.71. The van der Waals surface area contributed by atoms with Crippen LogP contribution >= 0.6 is 0 Å². The van der Waals surface area contributed by atoms with Crippen molar-refractivity contribution in [2.24, 2.45) is 0 Å². The second-order valence-electron chi connectivity index (χ2n) is 3.96. The minimum atomic E-state index is -1.28. The lowest BCUT2D eigenvalue weighted by Crippen LogP contribution is -2.41. The van der Waals surface area contributed by atoms with Crippen LogP contribution in [0.4, 0.5) is 0 Å². The van der Waals surface area contributed by atoms with Gasteiger partial charge in [0.05, 0.1) is 0 Å². The van der Waals surface area contributed by atoms with Crippen LogP contribution in [0.25, 0.3) is 0 Å². The summed E-state index contributed by atoms with van der Waals surface area (Å²) in [5.74, 6) is -3.03. The maximum absolute atomic E-state index is 11.8. The molecule has 1 amide bonds. The lowest BCUT2D eigenvalue weighted by molar-refractivity contribution is -0.140. The van der Waals surface area contributed by atoms with Gasteiger partial charge in [0.15, 0.2) is 0 Å². The van der Waals surface area contributed by atoms with Crippen LogP contribution in [0.3, 0.4) is 0 Å². The fourth-order valence-electron chi connectivity index (χ4n) is 1.43. The van der Waals surface area contributed by atoms with Crippen LogP contribution in [-0.2, 0) is 9.59 Å². The largest absolute Gasteiger partial charge is 0.481 e. The number of amides is 1. The van der Waals surface area contributed by atoms with Gasteiger partial charge >= 0.3 is 11.9 Å². The predicted octanol–water partition coefficient (Wildman–Crippen LogP) is 0.438. The molecule has 0 fully saturated rings. The van der Waals surface area contributed by atoms with Gasteiger partial charge < -0.3 is 15.5 Å². The highest BCUT2D eigenvalue weighted by molar-refractivity contribution is 5.95. The summed E-state index contributed by atoms with van der Waals surface area (Å²) in [6.07, 6.45) is -0.513. The summed E-state index contributed by atoms with van der Waals surface area (Å²) in [6.45, 7) is 1.70. The molecule has 1 aromatic rings. The smallest absolute Gasteiger partial charge is 0.326 e. The minimum absolute atomic E-state index is 0.0987. The van der Waals surface area contributed by atoms with E-state index >= 15 is 0 Å². The average Bonchev–Trinajstić information content (AvgIpc) is 2.33. The summed E-state index contributed by atoms with van der Waals surface area (Å²) >= 11 is 0. The summed E-state index contributed by atoms with van der Waals surface area (Å²) in [7, 11) is 0. The number of nitrogens with one attached hydrogen (secondary N) is 1. The van der Waals surface area contributed by atoms with Crippen molar-refractivity contribution in [2.75, 3.05) is 0 Å². The van der Waals surface area contributed by atoms with E-state index < -0.39 is 23.9 Å². The topological polar surface area (TPSA) is 117 Å². The monoisotopic (exact) mass is 266 g/mol. The van der Waals surface area contributed by atoms with Gasteiger partial charge in [0.1, 0.15) is 11.7 Å². The number of nitrogens with zero attached hydrogens (tertiary/aromatic N) is 1. The Kier molecular flexibility index (Phi) is 4.99. The zero-order chi connectivity index (χ0) is 14.4. The molecule has 1 atom stereocenters. The van der Waals surface area contributed by atoms with E-state index in [0.717, 1.165) is 0 Å². The van der Waals surface area contributed by atoms with Gasteiger partial charge in [-0.1, -0.05) is 6.07 Å². The Labute approximate surface area is 109 Å². The minimum Gasteiger partial charge on any atom is -0.481 e. The van der Waals surface area contributed by atoms with E-state index in [1.54, 1.807) is 19.1 Å². The molecule has 0 aliphatic carbocycles. The van der Waals surface area contributed by atoms with Gasteiger partial charge in [-0.2, -0.15) is 0 Å². The van der Waals surface area contributed by atoms with E-state index in [1.165, 1.54) is 6.07 Å². The summed E-state index contributed by atoms with van der Waals surface area (Å²) in [6, 6.07) is 3.55. The summed E-state index contributed by atoms with van der Waals surface area (Å²) in [4.78, 5) is 37.1. The van der Waals surface area contributed by atoms with Gasteiger partial charge in [0, 0.05) is 12.1 Å². The second kappa shape index (κ2) is 6.48. The number of aryl methyl sites for hydroxylation is 1. The molecule has 0 aliphatic rings. The molecule has 1 aromatic heterocycles. The molecule has 0 spiro atoms. The fourth-order valence-corrected chi connectivity index (χ4v) is 1.43. The van der Waals surface area contributed by atoms with Crippen molar-refractivity contribution in [2.45, 2.75) is 25.8 Å². The number of rotatable bonds is 6. The van der Waals surface area contributed by atoms with Crippen molar-refractivity contribution in [3.63, 3.8) is 0 Å². The van der Waals surface area contributed by atoms with Crippen molar-refractivity contribution in [3.05, 3.63) is 29.6 Å². The Morgan fingerprint density at radius 3 is 2.53 bits per heavy atom. The molecule has 0 aliphatic heterocycles. The van der Waals surface area contributed by atoms with Crippen molar-refractivity contribution in [3.8, 4) is 0 Å². The van der Waals surface area contributed by atoms with Gasteiger partial charge in [-0.25, -0.2) is 9.78 Å². The second-order valence-corrected chi connectivity index (χ2v) is 3.96. The van der Waals surface area contributed by atoms with Crippen LogP contribution in [0.15, 0.2) is 18.2 Å². The first kappa shape index (κ1) is 14.6. The van der Waals surface area contributed by atoms with Crippen LogP contribution in [-0.4, -0.2) is 39.1 Å². The zero-order valence-corrected chi connectivity index (χ0v) is 10.3. The van der Waals surface area contributed by atoms with Crippen molar-refractivity contribution >= 4 is 17.8 Å². The molecule has 0 radical (unpaired) electrons. The summed E-state index contributed by atoms with van der Waals surface area (Å²) in [5.41, 5.74) is 0.728. The summed E-state index contributed by atoms with van der Waals surface area (Å²) < 4.78 is 0. The molecule has 0 saturated heterocycles. The van der Waals surface area contributed by atoms with E-state index in [9.17, 15) is 14.4 Å². The van der Waals surface area contributed by atoms with Gasteiger partial charge in [-0.3, -0.25) is 9.59 Å². The maximum atomic E-state index is 11.8. The van der Waals surface area contributed by atoms with E-state index in [0.29, 0.717) is 5.69 Å². The molecule has 102 valence electrons. The van der Waals surface area contributed by atoms with Gasteiger partial charge in [-0.15, -0.1) is 0 Å². The SMILES string of the molecule is Cc1cccc(C(=O)NC(CCC(=O)O)C(=O)O)n1. The van der Waals surface area contributed by atoms with Crippen molar-refractivity contribution in [1.29, 1.82) is 0 Å². The van der Waals surface area contributed by atoms with E-state index in [-0.39, 0.29) is 18.5 Å².